The molecule has 2 unspecified atom stereocenters. The van der Waals surface area contributed by atoms with Crippen molar-refractivity contribution >= 4 is 5.91 Å². The highest BCUT2D eigenvalue weighted by Crippen LogP contribution is 2.16. The van der Waals surface area contributed by atoms with Crippen LogP contribution in [0.5, 0.6) is 0 Å². The molecule has 1 rings (SSSR count). The second-order valence-electron chi connectivity index (χ2n) is 3.53. The van der Waals surface area contributed by atoms with Gasteiger partial charge in [0.2, 0.25) is 5.91 Å². The molecular weight excluding hydrogens is 186 g/mol. The van der Waals surface area contributed by atoms with Crippen LogP contribution in [0.2, 0.25) is 0 Å². The highest BCUT2D eigenvalue weighted by molar-refractivity contribution is 5.79. The largest absolute Gasteiger partial charge is 0.396 e. The van der Waals surface area contributed by atoms with Gasteiger partial charge in [-0.3, -0.25) is 4.79 Å². The Bertz CT molecular complexity index is 191. The number of nitrogens with zero attached hydrogens (tertiary/aromatic N) is 1. The van der Waals surface area contributed by atoms with Gasteiger partial charge in [0, 0.05) is 20.3 Å². The van der Waals surface area contributed by atoms with E-state index in [9.17, 15) is 9.90 Å². The Kier molecular flexibility index (Phi) is 4.31. The molecule has 0 saturated carbocycles. The minimum absolute atomic E-state index is 0.0217. The van der Waals surface area contributed by atoms with Gasteiger partial charge >= 0.3 is 0 Å². The number of hydrogen-bond donors (Lipinski definition) is 2. The molecule has 0 bridgehead atoms. The van der Waals surface area contributed by atoms with Gasteiger partial charge in [-0.15, -0.1) is 0 Å². The minimum Gasteiger partial charge on any atom is -0.396 e. The maximum atomic E-state index is 11.4. The molecule has 14 heavy (non-hydrogen) atoms. The molecule has 2 N–H and O–H groups in total. The van der Waals surface area contributed by atoms with Crippen molar-refractivity contribution in [1.82, 2.24) is 4.90 Å². The molecule has 1 aliphatic heterocycles. The first-order valence-electron chi connectivity index (χ1n) is 4.76. The first-order chi connectivity index (χ1) is 6.69. The quantitative estimate of drug-likeness (QED) is 0.600. The van der Waals surface area contributed by atoms with E-state index in [0.29, 0.717) is 19.6 Å². The number of aliphatic hydroxyl groups is 2. The normalized spacial score (nSPS) is 24.4. The summed E-state index contributed by atoms with van der Waals surface area (Å²) >= 11 is 0. The number of rotatable bonds is 5. The average molecular weight is 203 g/mol. The summed E-state index contributed by atoms with van der Waals surface area (Å²) in [4.78, 5) is 13.0. The maximum Gasteiger partial charge on any atom is 0.225 e. The Labute approximate surface area is 83.3 Å². The van der Waals surface area contributed by atoms with E-state index in [1.807, 2.05) is 0 Å². The zero-order chi connectivity index (χ0) is 10.6. The van der Waals surface area contributed by atoms with E-state index in [1.54, 1.807) is 12.0 Å². The second kappa shape index (κ2) is 5.29. The number of amides is 1. The number of aliphatic hydroxyl groups excluding tert-OH is 2. The molecule has 1 aliphatic rings. The number of carbonyl (C=O) groups is 1. The van der Waals surface area contributed by atoms with Gasteiger partial charge in [0.1, 0.15) is 0 Å². The Morgan fingerprint density at radius 2 is 2.43 bits per heavy atom. The maximum absolute atomic E-state index is 11.4. The number of carbonyl (C=O) groups excluding carboxylic acids is 1. The molecule has 5 heteroatoms. The van der Waals surface area contributed by atoms with Crippen LogP contribution in [0.4, 0.5) is 0 Å². The number of likely N-dealkylation sites (tertiary alicyclic amines) is 1. The van der Waals surface area contributed by atoms with E-state index >= 15 is 0 Å². The highest BCUT2D eigenvalue weighted by Gasteiger charge is 2.32. The molecule has 0 aliphatic carbocycles. The third kappa shape index (κ3) is 2.67. The Morgan fingerprint density at radius 1 is 1.71 bits per heavy atom. The lowest BCUT2D eigenvalue weighted by molar-refractivity contribution is -0.131. The first-order valence-corrected chi connectivity index (χ1v) is 4.76. The summed E-state index contributed by atoms with van der Waals surface area (Å²) in [7, 11) is 1.56. The van der Waals surface area contributed by atoms with Gasteiger partial charge in [-0.25, -0.2) is 0 Å². The van der Waals surface area contributed by atoms with Crippen molar-refractivity contribution < 1.29 is 19.7 Å². The van der Waals surface area contributed by atoms with Crippen molar-refractivity contribution in [2.24, 2.45) is 0 Å². The van der Waals surface area contributed by atoms with Crippen LogP contribution in [-0.2, 0) is 9.53 Å². The van der Waals surface area contributed by atoms with Crippen LogP contribution < -0.4 is 0 Å². The predicted molar refractivity (Wildman–Crippen MR) is 49.7 cm³/mol. The summed E-state index contributed by atoms with van der Waals surface area (Å²) in [6.45, 7) is 0.778. The van der Waals surface area contributed by atoms with Crippen LogP contribution >= 0.6 is 0 Å². The van der Waals surface area contributed by atoms with Crippen molar-refractivity contribution in [1.29, 1.82) is 0 Å². The van der Waals surface area contributed by atoms with Gasteiger partial charge in [0.15, 0.2) is 0 Å². The molecule has 0 radical (unpaired) electrons. The zero-order valence-corrected chi connectivity index (χ0v) is 8.35. The van der Waals surface area contributed by atoms with Crippen molar-refractivity contribution in [3.8, 4) is 0 Å². The van der Waals surface area contributed by atoms with Crippen LogP contribution in [0, 0.1) is 0 Å². The fourth-order valence-corrected chi connectivity index (χ4v) is 1.74. The summed E-state index contributed by atoms with van der Waals surface area (Å²) in [6.07, 6.45) is 0.110. The summed E-state index contributed by atoms with van der Waals surface area (Å²) in [5.41, 5.74) is 0. The van der Waals surface area contributed by atoms with Gasteiger partial charge < -0.3 is 19.8 Å². The summed E-state index contributed by atoms with van der Waals surface area (Å²) in [5, 5.41) is 18.1. The van der Waals surface area contributed by atoms with Crippen molar-refractivity contribution in [3.05, 3.63) is 0 Å². The van der Waals surface area contributed by atoms with Gasteiger partial charge in [-0.05, 0) is 6.42 Å². The second-order valence-corrected chi connectivity index (χ2v) is 3.53. The van der Waals surface area contributed by atoms with Crippen LogP contribution in [0.1, 0.15) is 12.8 Å². The van der Waals surface area contributed by atoms with Gasteiger partial charge in [-0.1, -0.05) is 0 Å². The summed E-state index contributed by atoms with van der Waals surface area (Å²) in [6, 6.07) is -0.116. The van der Waals surface area contributed by atoms with Gasteiger partial charge in [0.25, 0.3) is 0 Å². The molecule has 0 spiro atoms. The summed E-state index contributed by atoms with van der Waals surface area (Å²) < 4.78 is 4.97. The number of ether oxygens (including phenoxy) is 1. The fourth-order valence-electron chi connectivity index (χ4n) is 1.74. The Balaban J connectivity index is 2.53. The lowest BCUT2D eigenvalue weighted by atomic mass is 10.2. The van der Waals surface area contributed by atoms with Crippen LogP contribution in [0.25, 0.3) is 0 Å². The number of β-amino-alcohol motifs (C(OH)–C–C–N with tert-alkyl or cyclic N) is 1. The smallest absolute Gasteiger partial charge is 0.225 e. The molecule has 1 heterocycles. The van der Waals surface area contributed by atoms with E-state index in [2.05, 4.69) is 0 Å². The average Bonchev–Trinajstić information content (AvgIpc) is 2.45. The van der Waals surface area contributed by atoms with Crippen molar-refractivity contribution in [3.63, 3.8) is 0 Å². The molecule has 0 aromatic heterocycles. The summed E-state index contributed by atoms with van der Waals surface area (Å²) in [5.74, 6) is -0.0620. The standard InChI is InChI=1S/C9H17NO4/c1-14-6-7(2-3-11)10-5-8(12)4-9(10)13/h7-8,11-12H,2-6H2,1H3. The van der Waals surface area contributed by atoms with E-state index < -0.39 is 6.10 Å². The number of hydrogen-bond acceptors (Lipinski definition) is 4. The van der Waals surface area contributed by atoms with Crippen LogP contribution in [0.15, 0.2) is 0 Å². The molecule has 0 aromatic carbocycles. The third-order valence-electron chi connectivity index (χ3n) is 2.40. The molecule has 1 fully saturated rings. The van der Waals surface area contributed by atoms with Crippen LogP contribution in [0.3, 0.4) is 0 Å². The third-order valence-corrected chi connectivity index (χ3v) is 2.40. The van der Waals surface area contributed by atoms with E-state index in [4.69, 9.17) is 9.84 Å². The SMILES string of the molecule is COCC(CCO)N1CC(O)CC1=O. The van der Waals surface area contributed by atoms with Crippen molar-refractivity contribution in [2.45, 2.75) is 25.0 Å². The van der Waals surface area contributed by atoms with Gasteiger partial charge in [-0.2, -0.15) is 0 Å². The van der Waals surface area contributed by atoms with Crippen LogP contribution in [-0.4, -0.2) is 60.0 Å². The monoisotopic (exact) mass is 203 g/mol. The Hall–Kier alpha value is -0.650. The topological polar surface area (TPSA) is 70.0 Å². The molecule has 0 aromatic rings. The van der Waals surface area contributed by atoms with E-state index in [0.717, 1.165) is 0 Å². The molecule has 1 saturated heterocycles. The van der Waals surface area contributed by atoms with E-state index in [-0.39, 0.29) is 25.0 Å². The zero-order valence-electron chi connectivity index (χ0n) is 8.35. The lowest BCUT2D eigenvalue weighted by Gasteiger charge is -2.26. The molecule has 82 valence electrons. The minimum atomic E-state index is -0.569. The Morgan fingerprint density at radius 3 is 2.86 bits per heavy atom. The molecule has 1 amide bonds. The molecule has 2 atom stereocenters. The highest BCUT2D eigenvalue weighted by atomic mass is 16.5. The fraction of sp³-hybridized carbons (Fsp3) is 0.889. The molecular formula is C9H17NO4. The number of methoxy groups -OCH3 is 1. The molecule has 5 nitrogen and oxygen atoms in total. The van der Waals surface area contributed by atoms with E-state index in [1.165, 1.54) is 0 Å². The first kappa shape index (κ1) is 11.4. The lowest BCUT2D eigenvalue weighted by Crippen LogP contribution is -2.40. The van der Waals surface area contributed by atoms with Gasteiger partial charge in [0.05, 0.1) is 25.2 Å². The predicted octanol–water partition coefficient (Wildman–Crippen LogP) is -1.02. The van der Waals surface area contributed by atoms with Crippen molar-refractivity contribution in [2.75, 3.05) is 26.9 Å².